The highest BCUT2D eigenvalue weighted by Gasteiger charge is 2.47. The number of nitrogens with one attached hydrogen (secondary N) is 1. The van der Waals surface area contributed by atoms with Crippen LogP contribution < -0.4 is 5.32 Å². The van der Waals surface area contributed by atoms with Gasteiger partial charge in [0.15, 0.2) is 0 Å². The molecule has 1 aliphatic carbocycles. The molecule has 1 aliphatic heterocycles. The summed E-state index contributed by atoms with van der Waals surface area (Å²) >= 11 is 0. The molecule has 2 rings (SSSR count). The van der Waals surface area contributed by atoms with E-state index in [1.54, 1.807) is 0 Å². The van der Waals surface area contributed by atoms with Crippen molar-refractivity contribution in [1.82, 2.24) is 5.32 Å². The molecule has 2 fully saturated rings. The van der Waals surface area contributed by atoms with Gasteiger partial charge in [-0.1, -0.05) is 0 Å². The molecule has 0 amide bonds. The Kier molecular flexibility index (Phi) is 1.06. The van der Waals surface area contributed by atoms with Crippen molar-refractivity contribution in [3.8, 4) is 0 Å². The molecule has 2 aliphatic rings. The van der Waals surface area contributed by atoms with Crippen LogP contribution in [0, 0.1) is 5.92 Å². The molecular weight excluding hydrogens is 117 g/mol. The van der Waals surface area contributed by atoms with Crippen LogP contribution in [0.15, 0.2) is 0 Å². The van der Waals surface area contributed by atoms with Crippen LogP contribution in [0.1, 0.15) is 19.3 Å². The Labute approximate surface area is 54.6 Å². The van der Waals surface area contributed by atoms with Gasteiger partial charge in [0.2, 0.25) is 0 Å². The van der Waals surface area contributed by atoms with Crippen LogP contribution in [0.4, 0.5) is 4.39 Å². The lowest BCUT2D eigenvalue weighted by Crippen LogP contribution is -2.28. The summed E-state index contributed by atoms with van der Waals surface area (Å²) in [5, 5.41) is 3.06. The zero-order valence-corrected chi connectivity index (χ0v) is 5.49. The maximum Gasteiger partial charge on any atom is 0.127 e. The molecule has 2 heteroatoms. The Hall–Kier alpha value is -0.110. The molecule has 1 nitrogen and oxygen atoms in total. The van der Waals surface area contributed by atoms with Crippen molar-refractivity contribution >= 4 is 0 Å². The summed E-state index contributed by atoms with van der Waals surface area (Å²) in [4.78, 5) is 0. The van der Waals surface area contributed by atoms with Crippen molar-refractivity contribution in [2.24, 2.45) is 5.92 Å². The summed E-state index contributed by atoms with van der Waals surface area (Å²) in [6.07, 6.45) is 2.99. The van der Waals surface area contributed by atoms with Gasteiger partial charge in [0, 0.05) is 6.54 Å². The summed E-state index contributed by atoms with van der Waals surface area (Å²) in [5.41, 5.74) is -0.806. The molecule has 0 aromatic rings. The second-order valence-electron chi connectivity index (χ2n) is 3.24. The predicted molar refractivity (Wildman–Crippen MR) is 34.0 cm³/mol. The van der Waals surface area contributed by atoms with Crippen LogP contribution in [0.5, 0.6) is 0 Å². The van der Waals surface area contributed by atoms with E-state index in [4.69, 9.17) is 0 Å². The Balaban J connectivity index is 2.02. The molecule has 1 atom stereocenters. The third-order valence-corrected chi connectivity index (χ3v) is 2.45. The average Bonchev–Trinajstić information content (AvgIpc) is 2.60. The van der Waals surface area contributed by atoms with Crippen molar-refractivity contribution in [3.05, 3.63) is 0 Å². The summed E-state index contributed by atoms with van der Waals surface area (Å²) < 4.78 is 13.4. The first kappa shape index (κ1) is 5.66. The van der Waals surface area contributed by atoms with Crippen LogP contribution in [0.25, 0.3) is 0 Å². The van der Waals surface area contributed by atoms with Gasteiger partial charge in [0.05, 0.1) is 0 Å². The second-order valence-corrected chi connectivity index (χ2v) is 3.24. The van der Waals surface area contributed by atoms with Gasteiger partial charge in [-0.3, -0.25) is 0 Å². The lowest BCUT2D eigenvalue weighted by Gasteiger charge is -2.15. The fourth-order valence-corrected chi connectivity index (χ4v) is 1.63. The lowest BCUT2D eigenvalue weighted by atomic mass is 10.00. The van der Waals surface area contributed by atoms with E-state index in [9.17, 15) is 4.39 Å². The van der Waals surface area contributed by atoms with E-state index in [-0.39, 0.29) is 0 Å². The fourth-order valence-electron chi connectivity index (χ4n) is 1.63. The zero-order chi connectivity index (χ0) is 6.32. The molecule has 0 spiro atoms. The van der Waals surface area contributed by atoms with E-state index < -0.39 is 5.67 Å². The molecule has 0 bridgehead atoms. The van der Waals surface area contributed by atoms with E-state index in [2.05, 4.69) is 5.32 Å². The maximum absolute atomic E-state index is 13.4. The second kappa shape index (κ2) is 1.69. The molecule has 52 valence electrons. The molecule has 1 saturated heterocycles. The summed E-state index contributed by atoms with van der Waals surface area (Å²) in [7, 11) is 0. The van der Waals surface area contributed by atoms with Crippen molar-refractivity contribution < 1.29 is 4.39 Å². The van der Waals surface area contributed by atoms with Crippen LogP contribution in [0.3, 0.4) is 0 Å². The Morgan fingerprint density at radius 3 is 2.67 bits per heavy atom. The molecule has 1 N–H and O–H groups in total. The van der Waals surface area contributed by atoms with Crippen molar-refractivity contribution in [1.29, 1.82) is 0 Å². The average molecular weight is 129 g/mol. The first-order valence-corrected chi connectivity index (χ1v) is 3.71. The number of hydrogen-bond acceptors (Lipinski definition) is 1. The number of hydrogen-bond donors (Lipinski definition) is 1. The van der Waals surface area contributed by atoms with E-state index in [0.29, 0.717) is 12.5 Å². The first-order chi connectivity index (χ1) is 4.31. The van der Waals surface area contributed by atoms with Crippen molar-refractivity contribution in [2.75, 3.05) is 13.1 Å². The van der Waals surface area contributed by atoms with E-state index >= 15 is 0 Å². The van der Waals surface area contributed by atoms with E-state index in [0.717, 1.165) is 25.8 Å². The van der Waals surface area contributed by atoms with Crippen LogP contribution >= 0.6 is 0 Å². The Morgan fingerprint density at radius 2 is 2.22 bits per heavy atom. The van der Waals surface area contributed by atoms with Crippen molar-refractivity contribution in [2.45, 2.75) is 24.9 Å². The Morgan fingerprint density at radius 1 is 1.44 bits per heavy atom. The molecular formula is C7H12FN. The summed E-state index contributed by atoms with van der Waals surface area (Å²) in [6.45, 7) is 1.49. The largest absolute Gasteiger partial charge is 0.313 e. The SMILES string of the molecule is F[C@]1(C2CC2)CCNC1. The molecule has 0 aromatic carbocycles. The zero-order valence-electron chi connectivity index (χ0n) is 5.49. The van der Waals surface area contributed by atoms with Gasteiger partial charge in [0.1, 0.15) is 5.67 Å². The topological polar surface area (TPSA) is 12.0 Å². The van der Waals surface area contributed by atoms with Crippen LogP contribution in [-0.2, 0) is 0 Å². The van der Waals surface area contributed by atoms with Gasteiger partial charge >= 0.3 is 0 Å². The first-order valence-electron chi connectivity index (χ1n) is 3.71. The molecule has 1 saturated carbocycles. The third kappa shape index (κ3) is 0.855. The van der Waals surface area contributed by atoms with Crippen LogP contribution in [-0.4, -0.2) is 18.8 Å². The number of rotatable bonds is 1. The highest BCUT2D eigenvalue weighted by atomic mass is 19.1. The normalized spacial score (nSPS) is 43.7. The van der Waals surface area contributed by atoms with Gasteiger partial charge in [-0.15, -0.1) is 0 Å². The number of halogens is 1. The minimum Gasteiger partial charge on any atom is -0.313 e. The standard InChI is InChI=1S/C7H12FN/c8-7(6-1-2-6)3-4-9-5-7/h6,9H,1-5H2/t7-/m1/s1. The minimum atomic E-state index is -0.806. The highest BCUT2D eigenvalue weighted by molar-refractivity contribution is 5.00. The quantitative estimate of drug-likeness (QED) is 0.559. The molecule has 0 aromatic heterocycles. The van der Waals surface area contributed by atoms with Gasteiger partial charge in [-0.2, -0.15) is 0 Å². The summed E-state index contributed by atoms with van der Waals surface area (Å²) in [5.74, 6) is 0.410. The molecule has 0 radical (unpaired) electrons. The fraction of sp³-hybridized carbons (Fsp3) is 1.00. The molecule has 0 unspecified atom stereocenters. The smallest absolute Gasteiger partial charge is 0.127 e. The number of alkyl halides is 1. The van der Waals surface area contributed by atoms with Gasteiger partial charge < -0.3 is 5.32 Å². The van der Waals surface area contributed by atoms with E-state index in [1.807, 2.05) is 0 Å². The lowest BCUT2D eigenvalue weighted by molar-refractivity contribution is 0.159. The third-order valence-electron chi connectivity index (χ3n) is 2.45. The van der Waals surface area contributed by atoms with Crippen LogP contribution in [0.2, 0.25) is 0 Å². The highest BCUT2D eigenvalue weighted by Crippen LogP contribution is 2.45. The maximum atomic E-state index is 13.4. The van der Waals surface area contributed by atoms with Gasteiger partial charge in [-0.25, -0.2) is 4.39 Å². The Bertz CT molecular complexity index is 114. The van der Waals surface area contributed by atoms with Crippen molar-refractivity contribution in [3.63, 3.8) is 0 Å². The predicted octanol–water partition coefficient (Wildman–Crippen LogP) is 1.10. The summed E-state index contributed by atoms with van der Waals surface area (Å²) in [6, 6.07) is 0. The van der Waals surface area contributed by atoms with Gasteiger partial charge in [0.25, 0.3) is 0 Å². The minimum absolute atomic E-state index is 0.410. The monoisotopic (exact) mass is 129 g/mol. The van der Waals surface area contributed by atoms with E-state index in [1.165, 1.54) is 0 Å². The molecule has 1 heterocycles. The molecule has 9 heavy (non-hydrogen) atoms. The van der Waals surface area contributed by atoms with Gasteiger partial charge in [-0.05, 0) is 31.7 Å².